The van der Waals surface area contributed by atoms with Gasteiger partial charge in [0, 0.05) is 0 Å². The lowest BCUT2D eigenvalue weighted by Gasteiger charge is -1.96. The molecule has 54 valence electrons. The smallest absolute Gasteiger partial charge is 0.138 e. The molecule has 0 aliphatic rings. The molecule has 0 unspecified atom stereocenters. The molecule has 0 saturated carbocycles. The molecule has 4 heteroatoms. The van der Waals surface area contributed by atoms with Crippen LogP contribution < -0.4 is 0 Å². The van der Waals surface area contributed by atoms with E-state index < -0.39 is 5.82 Å². The van der Waals surface area contributed by atoms with Crippen molar-refractivity contribution in [3.8, 4) is 0 Å². The fourth-order valence-electron chi connectivity index (χ4n) is 0.498. The van der Waals surface area contributed by atoms with Crippen LogP contribution in [0.3, 0.4) is 0 Å². The van der Waals surface area contributed by atoms with E-state index in [9.17, 15) is 4.39 Å². The molecule has 0 saturated heterocycles. The molecular weight excluding hydrogens is 242 g/mol. The highest BCUT2D eigenvalue weighted by molar-refractivity contribution is 9.10. The average molecular weight is 244 g/mol. The Kier molecular flexibility index (Phi) is 2.55. The van der Waals surface area contributed by atoms with E-state index in [1.54, 1.807) is 0 Å². The van der Waals surface area contributed by atoms with Crippen molar-refractivity contribution in [2.45, 2.75) is 0 Å². The molecule has 0 atom stereocenters. The summed E-state index contributed by atoms with van der Waals surface area (Å²) in [5.41, 5.74) is 0. The number of hydrogen-bond acceptors (Lipinski definition) is 0. The quantitative estimate of drug-likeness (QED) is 0.607. The first-order valence-electron chi connectivity index (χ1n) is 2.41. The van der Waals surface area contributed by atoms with Crippen LogP contribution in [0.5, 0.6) is 0 Å². The third-order valence-corrected chi connectivity index (χ3v) is 2.29. The highest BCUT2D eigenvalue weighted by Crippen LogP contribution is 2.27. The summed E-state index contributed by atoms with van der Waals surface area (Å²) in [7, 11) is 0. The van der Waals surface area contributed by atoms with E-state index in [4.69, 9.17) is 23.2 Å². The van der Waals surface area contributed by atoms with Gasteiger partial charge in [0.05, 0.1) is 14.5 Å². The van der Waals surface area contributed by atoms with Gasteiger partial charge in [-0.05, 0) is 28.1 Å². The Morgan fingerprint density at radius 3 is 2.20 bits per heavy atom. The van der Waals surface area contributed by atoms with Gasteiger partial charge >= 0.3 is 0 Å². The molecule has 0 spiro atoms. The zero-order valence-corrected chi connectivity index (χ0v) is 7.76. The van der Waals surface area contributed by atoms with E-state index in [2.05, 4.69) is 15.9 Å². The lowest BCUT2D eigenvalue weighted by molar-refractivity contribution is 0.621. The Bertz CT molecular complexity index is 212. The number of hydrogen-bond donors (Lipinski definition) is 0. The van der Waals surface area contributed by atoms with E-state index >= 15 is 0 Å². The molecule has 0 amide bonds. The van der Waals surface area contributed by atoms with Crippen LogP contribution in [-0.4, -0.2) is 0 Å². The van der Waals surface area contributed by atoms with Crippen LogP contribution in [0.4, 0.5) is 4.39 Å². The van der Waals surface area contributed by atoms with Crippen molar-refractivity contribution in [2.24, 2.45) is 0 Å². The maximum absolute atomic E-state index is 12.6. The maximum atomic E-state index is 12.6. The maximum Gasteiger partial charge on any atom is 0.138 e. The first-order valence-corrected chi connectivity index (χ1v) is 3.96. The van der Waals surface area contributed by atoms with E-state index in [0.717, 1.165) is 6.07 Å². The predicted octanol–water partition coefficient (Wildman–Crippen LogP) is 3.90. The van der Waals surface area contributed by atoms with Crippen LogP contribution in [0.15, 0.2) is 16.6 Å². The Morgan fingerprint density at radius 2 is 1.70 bits per heavy atom. The van der Waals surface area contributed by atoms with Crippen molar-refractivity contribution in [3.63, 3.8) is 0 Å². The Labute approximate surface area is 76.1 Å². The zero-order valence-electron chi connectivity index (χ0n) is 4.67. The Hall–Kier alpha value is 0.210. The fourth-order valence-corrected chi connectivity index (χ4v) is 1.29. The van der Waals surface area contributed by atoms with Gasteiger partial charge in [0.1, 0.15) is 5.82 Å². The molecular formula is C6H2BrCl2F. The van der Waals surface area contributed by atoms with E-state index in [-0.39, 0.29) is 5.02 Å². The van der Waals surface area contributed by atoms with Gasteiger partial charge in [0.15, 0.2) is 0 Å². The van der Waals surface area contributed by atoms with Crippen molar-refractivity contribution >= 4 is 39.1 Å². The highest BCUT2D eigenvalue weighted by Gasteiger charge is 2.03. The third kappa shape index (κ3) is 1.62. The van der Waals surface area contributed by atoms with Gasteiger partial charge in [-0.15, -0.1) is 0 Å². The minimum Gasteiger partial charge on any atom is -0.206 e. The summed E-state index contributed by atoms with van der Waals surface area (Å²) in [6.45, 7) is 0. The molecule has 1 aromatic rings. The molecule has 0 radical (unpaired) electrons. The molecule has 0 heterocycles. The second kappa shape index (κ2) is 3.07. The molecule has 0 N–H and O–H groups in total. The van der Waals surface area contributed by atoms with Gasteiger partial charge in [-0.2, -0.15) is 0 Å². The lowest BCUT2D eigenvalue weighted by Crippen LogP contribution is -1.76. The van der Waals surface area contributed by atoms with Gasteiger partial charge in [-0.3, -0.25) is 0 Å². The zero-order chi connectivity index (χ0) is 7.72. The van der Waals surface area contributed by atoms with Gasteiger partial charge in [-0.1, -0.05) is 23.2 Å². The third-order valence-electron chi connectivity index (χ3n) is 0.963. The van der Waals surface area contributed by atoms with Crippen molar-refractivity contribution in [3.05, 3.63) is 32.5 Å². The second-order valence-electron chi connectivity index (χ2n) is 1.68. The van der Waals surface area contributed by atoms with Gasteiger partial charge in [-0.25, -0.2) is 4.39 Å². The minimum absolute atomic E-state index is 0.224. The SMILES string of the molecule is Fc1cc(Cl)c(Cl)cc1Br. The average Bonchev–Trinajstić information content (AvgIpc) is 1.84. The number of halogens is 4. The standard InChI is InChI=1S/C6H2BrCl2F/c7-3-1-4(8)5(9)2-6(3)10/h1-2H. The van der Waals surface area contributed by atoms with Crippen molar-refractivity contribution in [1.29, 1.82) is 0 Å². The van der Waals surface area contributed by atoms with Crippen LogP contribution in [0, 0.1) is 5.82 Å². The van der Waals surface area contributed by atoms with Crippen LogP contribution in [0.25, 0.3) is 0 Å². The molecule has 0 aromatic heterocycles. The first kappa shape index (κ1) is 8.31. The van der Waals surface area contributed by atoms with Gasteiger partial charge in [0.25, 0.3) is 0 Å². The van der Waals surface area contributed by atoms with Crippen LogP contribution in [0.2, 0.25) is 10.0 Å². The largest absolute Gasteiger partial charge is 0.206 e. The fraction of sp³-hybridized carbons (Fsp3) is 0. The number of benzene rings is 1. The summed E-state index contributed by atoms with van der Waals surface area (Å²) >= 11 is 14.0. The van der Waals surface area contributed by atoms with Gasteiger partial charge < -0.3 is 0 Å². The van der Waals surface area contributed by atoms with E-state index in [1.165, 1.54) is 6.07 Å². The first-order chi connectivity index (χ1) is 4.61. The van der Waals surface area contributed by atoms with Crippen LogP contribution in [-0.2, 0) is 0 Å². The van der Waals surface area contributed by atoms with E-state index in [1.807, 2.05) is 0 Å². The molecule has 10 heavy (non-hydrogen) atoms. The van der Waals surface area contributed by atoms with Crippen molar-refractivity contribution < 1.29 is 4.39 Å². The molecule has 1 aromatic carbocycles. The normalized spacial score (nSPS) is 10.0. The minimum atomic E-state index is -0.408. The molecule has 0 nitrogen and oxygen atoms in total. The summed E-state index contributed by atoms with van der Waals surface area (Å²) in [6.07, 6.45) is 0. The summed E-state index contributed by atoms with van der Waals surface area (Å²) in [5, 5.41) is 0.567. The highest BCUT2D eigenvalue weighted by atomic mass is 79.9. The van der Waals surface area contributed by atoms with Crippen molar-refractivity contribution in [2.75, 3.05) is 0 Å². The van der Waals surface area contributed by atoms with Crippen LogP contribution >= 0.6 is 39.1 Å². The molecule has 0 aliphatic carbocycles. The van der Waals surface area contributed by atoms with Crippen LogP contribution in [0.1, 0.15) is 0 Å². The molecule has 1 rings (SSSR count). The Balaban J connectivity index is 3.28. The lowest BCUT2D eigenvalue weighted by atomic mass is 10.3. The van der Waals surface area contributed by atoms with E-state index in [0.29, 0.717) is 9.50 Å². The monoisotopic (exact) mass is 242 g/mol. The topological polar surface area (TPSA) is 0 Å². The van der Waals surface area contributed by atoms with Crippen molar-refractivity contribution in [1.82, 2.24) is 0 Å². The molecule has 0 fully saturated rings. The molecule has 0 bridgehead atoms. The predicted molar refractivity (Wildman–Crippen MR) is 44.1 cm³/mol. The summed E-state index contributed by atoms with van der Waals surface area (Å²) in [5.74, 6) is -0.408. The summed E-state index contributed by atoms with van der Waals surface area (Å²) in [4.78, 5) is 0. The molecule has 0 aliphatic heterocycles. The second-order valence-corrected chi connectivity index (χ2v) is 3.35. The Morgan fingerprint density at radius 1 is 1.20 bits per heavy atom. The van der Waals surface area contributed by atoms with Gasteiger partial charge in [0.2, 0.25) is 0 Å². The summed E-state index contributed by atoms with van der Waals surface area (Å²) < 4.78 is 12.9. The number of rotatable bonds is 0. The summed E-state index contributed by atoms with van der Waals surface area (Å²) in [6, 6.07) is 2.58.